The number of amides is 1. The molecule has 1 amide bonds. The van der Waals surface area contributed by atoms with Crippen LogP contribution in [-0.4, -0.2) is 20.6 Å². The van der Waals surface area contributed by atoms with Gasteiger partial charge in [-0.25, -0.2) is 17.2 Å². The summed E-state index contributed by atoms with van der Waals surface area (Å²) in [7, 11) is -3.62. The zero-order valence-electron chi connectivity index (χ0n) is 9.48. The van der Waals surface area contributed by atoms with Gasteiger partial charge in [-0.2, -0.15) is 0 Å². The van der Waals surface area contributed by atoms with Gasteiger partial charge < -0.3 is 0 Å². The molecule has 0 saturated heterocycles. The topological polar surface area (TPSA) is 63.2 Å². The van der Waals surface area contributed by atoms with E-state index < -0.39 is 39.4 Å². The second kappa shape index (κ2) is 4.31. The predicted molar refractivity (Wildman–Crippen MR) is 60.2 cm³/mol. The summed E-state index contributed by atoms with van der Waals surface area (Å²) >= 11 is 0. The highest BCUT2D eigenvalue weighted by Crippen LogP contribution is 2.48. The molecule has 1 aromatic carbocycles. The Morgan fingerprint density at radius 2 is 2.06 bits per heavy atom. The Kier molecular flexibility index (Phi) is 3.10. The SMILES string of the molecule is CS(=O)(=O)NC(=O)[C@@H]1C[C@@H]1c1cc(F)ccc1F. The maximum atomic E-state index is 13.4. The molecule has 0 aromatic heterocycles. The highest BCUT2D eigenvalue weighted by Gasteiger charge is 2.46. The van der Waals surface area contributed by atoms with Crippen molar-refractivity contribution in [3.05, 3.63) is 35.4 Å². The van der Waals surface area contributed by atoms with Gasteiger partial charge in [0.05, 0.1) is 6.26 Å². The molecule has 1 aromatic rings. The summed E-state index contributed by atoms with van der Waals surface area (Å²) in [5.41, 5.74) is 0.114. The van der Waals surface area contributed by atoms with Gasteiger partial charge in [0.15, 0.2) is 0 Å². The summed E-state index contributed by atoms with van der Waals surface area (Å²) in [4.78, 5) is 11.5. The van der Waals surface area contributed by atoms with Crippen LogP contribution in [0.4, 0.5) is 8.78 Å². The number of hydrogen-bond donors (Lipinski definition) is 1. The summed E-state index contributed by atoms with van der Waals surface area (Å²) in [5, 5.41) is 0. The quantitative estimate of drug-likeness (QED) is 0.900. The highest BCUT2D eigenvalue weighted by molar-refractivity contribution is 7.89. The standard InChI is InChI=1S/C11H11F2NO3S/c1-18(16,17)14-11(15)9-5-7(9)8-4-6(12)2-3-10(8)13/h2-4,7,9H,5H2,1H3,(H,14,15)/t7-,9-/m1/s1. The lowest BCUT2D eigenvalue weighted by atomic mass is 10.1. The highest BCUT2D eigenvalue weighted by atomic mass is 32.2. The largest absolute Gasteiger partial charge is 0.274 e. The third-order valence-electron chi connectivity index (χ3n) is 2.77. The first-order valence-electron chi connectivity index (χ1n) is 5.24. The Labute approximate surface area is 103 Å². The molecule has 0 bridgehead atoms. The fourth-order valence-electron chi connectivity index (χ4n) is 1.89. The average Bonchev–Trinajstić information content (AvgIpc) is 2.99. The minimum atomic E-state index is -3.62. The molecule has 1 fully saturated rings. The molecule has 0 heterocycles. The molecule has 4 nitrogen and oxygen atoms in total. The molecule has 2 atom stereocenters. The summed E-state index contributed by atoms with van der Waals surface area (Å²) < 4.78 is 50.0. The number of sulfonamides is 1. The van der Waals surface area contributed by atoms with Crippen molar-refractivity contribution in [1.29, 1.82) is 0 Å². The van der Waals surface area contributed by atoms with Crippen LogP contribution in [0, 0.1) is 17.6 Å². The van der Waals surface area contributed by atoms with Crippen molar-refractivity contribution in [1.82, 2.24) is 4.72 Å². The molecule has 1 N–H and O–H groups in total. The number of benzene rings is 1. The zero-order valence-corrected chi connectivity index (χ0v) is 10.3. The van der Waals surface area contributed by atoms with E-state index in [-0.39, 0.29) is 5.56 Å². The molecule has 7 heteroatoms. The molecule has 1 aliphatic rings. The number of hydrogen-bond acceptors (Lipinski definition) is 3. The van der Waals surface area contributed by atoms with Gasteiger partial charge in [-0.1, -0.05) is 0 Å². The smallest absolute Gasteiger partial charge is 0.237 e. The van der Waals surface area contributed by atoms with Crippen molar-refractivity contribution in [3.63, 3.8) is 0 Å². The predicted octanol–water partition coefficient (Wildman–Crippen LogP) is 1.14. The third kappa shape index (κ3) is 2.84. The number of carbonyl (C=O) groups is 1. The van der Waals surface area contributed by atoms with Crippen LogP contribution < -0.4 is 4.72 Å². The third-order valence-corrected chi connectivity index (χ3v) is 3.34. The van der Waals surface area contributed by atoms with Crippen molar-refractivity contribution in [2.45, 2.75) is 12.3 Å². The number of rotatable bonds is 3. The van der Waals surface area contributed by atoms with Gasteiger partial charge in [0.25, 0.3) is 0 Å². The van der Waals surface area contributed by atoms with E-state index in [0.29, 0.717) is 6.42 Å². The van der Waals surface area contributed by atoms with E-state index in [0.717, 1.165) is 24.5 Å². The summed E-state index contributed by atoms with van der Waals surface area (Å²) in [6.45, 7) is 0. The molecule has 18 heavy (non-hydrogen) atoms. The van der Waals surface area contributed by atoms with E-state index >= 15 is 0 Å². The van der Waals surface area contributed by atoms with Crippen molar-refractivity contribution in [3.8, 4) is 0 Å². The van der Waals surface area contributed by atoms with Crippen LogP contribution in [0.15, 0.2) is 18.2 Å². The van der Waals surface area contributed by atoms with Gasteiger partial charge in [-0.05, 0) is 36.1 Å². The Morgan fingerprint density at radius 3 is 2.67 bits per heavy atom. The van der Waals surface area contributed by atoms with Gasteiger partial charge in [-0.15, -0.1) is 0 Å². The molecule has 98 valence electrons. The van der Waals surface area contributed by atoms with E-state index in [2.05, 4.69) is 0 Å². The van der Waals surface area contributed by atoms with Crippen molar-refractivity contribution < 1.29 is 22.0 Å². The number of carbonyl (C=O) groups excluding carboxylic acids is 1. The van der Waals surface area contributed by atoms with Crippen LogP contribution >= 0.6 is 0 Å². The maximum Gasteiger partial charge on any atom is 0.237 e. The molecule has 0 radical (unpaired) electrons. The molecular formula is C11H11F2NO3S. The fraction of sp³-hybridized carbons (Fsp3) is 0.364. The molecular weight excluding hydrogens is 264 g/mol. The molecule has 0 aliphatic heterocycles. The van der Waals surface area contributed by atoms with Crippen molar-refractivity contribution >= 4 is 15.9 Å². The Morgan fingerprint density at radius 1 is 1.39 bits per heavy atom. The number of nitrogens with one attached hydrogen (secondary N) is 1. The molecule has 1 saturated carbocycles. The van der Waals surface area contributed by atoms with E-state index in [4.69, 9.17) is 0 Å². The fourth-order valence-corrected chi connectivity index (χ4v) is 2.40. The van der Waals surface area contributed by atoms with Crippen LogP contribution in [0.25, 0.3) is 0 Å². The molecule has 2 rings (SSSR count). The van der Waals surface area contributed by atoms with Crippen molar-refractivity contribution in [2.24, 2.45) is 5.92 Å². The van der Waals surface area contributed by atoms with Crippen LogP contribution in [0.3, 0.4) is 0 Å². The van der Waals surface area contributed by atoms with Crippen molar-refractivity contribution in [2.75, 3.05) is 6.26 Å². The number of halogens is 2. The normalized spacial score (nSPS) is 22.6. The second-order valence-corrected chi connectivity index (χ2v) is 6.10. The van der Waals surface area contributed by atoms with Crippen LogP contribution in [0.5, 0.6) is 0 Å². The minimum absolute atomic E-state index is 0.114. The van der Waals surface area contributed by atoms with Crippen LogP contribution in [0.2, 0.25) is 0 Å². The Bertz CT molecular complexity index is 600. The lowest BCUT2D eigenvalue weighted by Gasteiger charge is -2.03. The average molecular weight is 275 g/mol. The minimum Gasteiger partial charge on any atom is -0.274 e. The monoisotopic (exact) mass is 275 g/mol. The second-order valence-electron chi connectivity index (χ2n) is 4.35. The van der Waals surface area contributed by atoms with Gasteiger partial charge in [0.2, 0.25) is 15.9 Å². The van der Waals surface area contributed by atoms with Crippen LogP contribution in [-0.2, 0) is 14.8 Å². The van der Waals surface area contributed by atoms with E-state index in [9.17, 15) is 22.0 Å². The van der Waals surface area contributed by atoms with E-state index in [1.807, 2.05) is 4.72 Å². The maximum absolute atomic E-state index is 13.4. The lowest BCUT2D eigenvalue weighted by molar-refractivity contribution is -0.120. The first-order valence-corrected chi connectivity index (χ1v) is 7.13. The first kappa shape index (κ1) is 12.9. The molecule has 0 spiro atoms. The lowest BCUT2D eigenvalue weighted by Crippen LogP contribution is -2.30. The zero-order chi connectivity index (χ0) is 13.5. The first-order chi connectivity index (χ1) is 8.28. The van der Waals surface area contributed by atoms with Gasteiger partial charge in [0.1, 0.15) is 11.6 Å². The molecule has 0 unspecified atom stereocenters. The van der Waals surface area contributed by atoms with E-state index in [1.165, 1.54) is 0 Å². The summed E-state index contributed by atoms with van der Waals surface area (Å²) in [6, 6.07) is 3.02. The molecule has 1 aliphatic carbocycles. The summed E-state index contributed by atoms with van der Waals surface area (Å²) in [5.74, 6) is -2.92. The van der Waals surface area contributed by atoms with E-state index in [1.54, 1.807) is 0 Å². The van der Waals surface area contributed by atoms with Crippen LogP contribution in [0.1, 0.15) is 17.9 Å². The summed E-state index contributed by atoms with van der Waals surface area (Å²) in [6.07, 6.45) is 1.19. The van der Waals surface area contributed by atoms with Gasteiger partial charge in [0, 0.05) is 5.92 Å². The Balaban J connectivity index is 2.11. The van der Waals surface area contributed by atoms with Gasteiger partial charge in [-0.3, -0.25) is 9.52 Å². The Hall–Kier alpha value is -1.50. The van der Waals surface area contributed by atoms with Gasteiger partial charge >= 0.3 is 0 Å².